The fraction of sp³-hybridized carbons (Fsp3) is 0.0156. The number of para-hydroxylation sites is 2. The molecule has 0 saturated heterocycles. The standard InChI is InChI=1S/C64H44N4O/c1-3-5-20-42(4-2)62-65-63(45-25-14-8-15-26-45)67-64(66-62)54-40-47(46-31-34-50(43-21-10-6-11-22-43)53(39-46)44-23-12-7-13-24-44)32-35-51(54)48-33-37-58-55(41-48)61-59(69-58)38-36-57-60(61)52-29-18-19-30-56(52)68(57)49-27-16-9-17-28-49/h3-41H,1H2,2H3/b20-5-,42-4+. The Morgan fingerprint density at radius 1 is 0.449 bits per heavy atom. The lowest BCUT2D eigenvalue weighted by molar-refractivity contribution is 0.669. The average Bonchev–Trinajstić information content (AvgIpc) is 3.97. The van der Waals surface area contributed by atoms with E-state index in [2.05, 4.69) is 193 Å². The summed E-state index contributed by atoms with van der Waals surface area (Å²) < 4.78 is 9.04. The smallest absolute Gasteiger partial charge is 0.164 e. The van der Waals surface area contributed by atoms with Crippen LogP contribution in [-0.2, 0) is 0 Å². The maximum absolute atomic E-state index is 6.69. The van der Waals surface area contributed by atoms with Crippen LogP contribution in [0.5, 0.6) is 0 Å². The SMILES string of the molecule is C=C/C=C\C(=C/C)c1nc(-c2ccccc2)nc(-c2cc(-c3ccc(-c4ccccc4)c(-c4ccccc4)c3)ccc2-c2ccc3oc4ccc5c(c6ccccc6n5-c5ccccc5)c4c3c2)n1. The van der Waals surface area contributed by atoms with Gasteiger partial charge in [0.25, 0.3) is 0 Å². The Morgan fingerprint density at radius 2 is 1.03 bits per heavy atom. The summed E-state index contributed by atoms with van der Waals surface area (Å²) in [5.74, 6) is 1.73. The zero-order chi connectivity index (χ0) is 46.3. The fourth-order valence-corrected chi connectivity index (χ4v) is 9.77. The minimum atomic E-state index is 0.566. The summed E-state index contributed by atoms with van der Waals surface area (Å²) in [6.07, 6.45) is 7.69. The van der Waals surface area contributed by atoms with Gasteiger partial charge in [0.05, 0.1) is 11.0 Å². The van der Waals surface area contributed by atoms with E-state index in [-0.39, 0.29) is 0 Å². The second-order valence-electron chi connectivity index (χ2n) is 17.1. The molecule has 0 aliphatic heterocycles. The molecule has 9 aromatic carbocycles. The van der Waals surface area contributed by atoms with Crippen molar-refractivity contribution in [1.82, 2.24) is 19.5 Å². The summed E-state index contributed by atoms with van der Waals surface area (Å²) >= 11 is 0. The lowest BCUT2D eigenvalue weighted by Crippen LogP contribution is -2.03. The van der Waals surface area contributed by atoms with E-state index in [0.717, 1.165) is 94.1 Å². The van der Waals surface area contributed by atoms with Crippen molar-refractivity contribution in [2.45, 2.75) is 6.92 Å². The lowest BCUT2D eigenvalue weighted by atomic mass is 9.89. The van der Waals surface area contributed by atoms with Gasteiger partial charge in [-0.05, 0) is 106 Å². The Balaban J connectivity index is 1.11. The highest BCUT2D eigenvalue weighted by molar-refractivity contribution is 6.27. The van der Waals surface area contributed by atoms with Gasteiger partial charge in [0.15, 0.2) is 17.5 Å². The predicted molar refractivity (Wildman–Crippen MR) is 287 cm³/mol. The molecule has 0 atom stereocenters. The third-order valence-corrected chi connectivity index (χ3v) is 13.0. The Labute approximate surface area is 400 Å². The number of allylic oxidation sites excluding steroid dienone is 5. The van der Waals surface area contributed by atoms with Crippen LogP contribution in [0.15, 0.2) is 248 Å². The topological polar surface area (TPSA) is 56.7 Å². The van der Waals surface area contributed by atoms with Gasteiger partial charge < -0.3 is 8.98 Å². The molecule has 0 amide bonds. The molecule has 0 bridgehead atoms. The number of hydrogen-bond acceptors (Lipinski definition) is 4. The second-order valence-corrected chi connectivity index (χ2v) is 17.1. The molecule has 326 valence electrons. The van der Waals surface area contributed by atoms with Crippen molar-refractivity contribution in [2.75, 3.05) is 0 Å². The van der Waals surface area contributed by atoms with Crippen LogP contribution in [0.4, 0.5) is 0 Å². The molecule has 0 spiro atoms. The number of benzene rings is 9. The molecule has 0 radical (unpaired) electrons. The van der Waals surface area contributed by atoms with E-state index in [9.17, 15) is 0 Å². The maximum Gasteiger partial charge on any atom is 0.164 e. The van der Waals surface area contributed by atoms with E-state index in [4.69, 9.17) is 19.4 Å². The summed E-state index contributed by atoms with van der Waals surface area (Å²) in [4.78, 5) is 15.7. The first-order chi connectivity index (χ1) is 34.1. The first kappa shape index (κ1) is 41.3. The highest BCUT2D eigenvalue weighted by Gasteiger charge is 2.22. The van der Waals surface area contributed by atoms with Crippen LogP contribution >= 0.6 is 0 Å². The van der Waals surface area contributed by atoms with Crippen molar-refractivity contribution >= 4 is 49.3 Å². The lowest BCUT2D eigenvalue weighted by Gasteiger charge is -2.16. The van der Waals surface area contributed by atoms with Crippen molar-refractivity contribution in [3.8, 4) is 73.0 Å². The molecule has 5 heteroatoms. The summed E-state index contributed by atoms with van der Waals surface area (Å²) in [5.41, 5.74) is 16.4. The number of aromatic nitrogens is 4. The third kappa shape index (κ3) is 7.43. The van der Waals surface area contributed by atoms with Crippen LogP contribution in [-0.4, -0.2) is 19.5 Å². The number of hydrogen-bond donors (Lipinski definition) is 0. The minimum absolute atomic E-state index is 0.566. The molecule has 0 saturated carbocycles. The zero-order valence-electron chi connectivity index (χ0n) is 37.9. The monoisotopic (exact) mass is 884 g/mol. The van der Waals surface area contributed by atoms with Crippen molar-refractivity contribution in [3.05, 3.63) is 249 Å². The largest absolute Gasteiger partial charge is 0.456 e. The van der Waals surface area contributed by atoms with E-state index < -0.39 is 0 Å². The predicted octanol–water partition coefficient (Wildman–Crippen LogP) is 17.0. The third-order valence-electron chi connectivity index (χ3n) is 13.0. The van der Waals surface area contributed by atoms with Gasteiger partial charge in [-0.3, -0.25) is 0 Å². The Kier molecular flexibility index (Phi) is 10.5. The van der Waals surface area contributed by atoms with E-state index in [1.807, 2.05) is 55.5 Å². The molecular weight excluding hydrogens is 841 g/mol. The van der Waals surface area contributed by atoms with E-state index in [1.54, 1.807) is 6.08 Å². The van der Waals surface area contributed by atoms with Gasteiger partial charge in [-0.1, -0.05) is 189 Å². The molecule has 0 aliphatic carbocycles. The highest BCUT2D eigenvalue weighted by Crippen LogP contribution is 2.44. The van der Waals surface area contributed by atoms with Crippen LogP contribution in [0.1, 0.15) is 12.7 Å². The molecule has 5 nitrogen and oxygen atoms in total. The Morgan fingerprint density at radius 3 is 1.72 bits per heavy atom. The van der Waals surface area contributed by atoms with Crippen LogP contribution < -0.4 is 0 Å². The van der Waals surface area contributed by atoms with Crippen molar-refractivity contribution in [3.63, 3.8) is 0 Å². The summed E-state index contributed by atoms with van der Waals surface area (Å²) in [5, 5.41) is 4.45. The number of nitrogens with zero attached hydrogens (tertiary/aromatic N) is 4. The van der Waals surface area contributed by atoms with Crippen LogP contribution in [0.2, 0.25) is 0 Å². The normalized spacial score (nSPS) is 11.9. The summed E-state index contributed by atoms with van der Waals surface area (Å²) in [6.45, 7) is 5.93. The number of rotatable bonds is 10. The molecular formula is C64H44N4O. The second kappa shape index (κ2) is 17.6. The van der Waals surface area contributed by atoms with E-state index in [1.165, 1.54) is 16.5 Å². The number of fused-ring (bicyclic) bond motifs is 7. The Hall–Kier alpha value is -9.19. The van der Waals surface area contributed by atoms with E-state index in [0.29, 0.717) is 17.5 Å². The Bertz CT molecular complexity index is 3960. The zero-order valence-corrected chi connectivity index (χ0v) is 37.9. The molecule has 3 aromatic heterocycles. The highest BCUT2D eigenvalue weighted by atomic mass is 16.3. The maximum atomic E-state index is 6.69. The molecule has 12 aromatic rings. The van der Waals surface area contributed by atoms with Crippen molar-refractivity contribution in [2.24, 2.45) is 0 Å². The first-order valence-electron chi connectivity index (χ1n) is 23.2. The van der Waals surface area contributed by atoms with Gasteiger partial charge in [0.2, 0.25) is 0 Å². The first-order valence-corrected chi connectivity index (χ1v) is 23.2. The quantitative estimate of drug-likeness (QED) is 0.128. The number of furan rings is 1. The van der Waals surface area contributed by atoms with Gasteiger partial charge in [-0.25, -0.2) is 15.0 Å². The fourth-order valence-electron chi connectivity index (χ4n) is 9.77. The molecule has 0 fully saturated rings. The van der Waals surface area contributed by atoms with Crippen LogP contribution in [0.25, 0.3) is 122 Å². The van der Waals surface area contributed by atoms with Crippen LogP contribution in [0.3, 0.4) is 0 Å². The molecule has 0 unspecified atom stereocenters. The van der Waals surface area contributed by atoms with Crippen molar-refractivity contribution < 1.29 is 4.42 Å². The summed E-state index contributed by atoms with van der Waals surface area (Å²) in [7, 11) is 0. The van der Waals surface area contributed by atoms with Gasteiger partial charge >= 0.3 is 0 Å². The van der Waals surface area contributed by atoms with Gasteiger partial charge in [-0.15, -0.1) is 0 Å². The van der Waals surface area contributed by atoms with Gasteiger partial charge in [-0.2, -0.15) is 0 Å². The van der Waals surface area contributed by atoms with Crippen LogP contribution in [0, 0.1) is 0 Å². The van der Waals surface area contributed by atoms with Crippen molar-refractivity contribution in [1.29, 1.82) is 0 Å². The average molecular weight is 885 g/mol. The van der Waals surface area contributed by atoms with Gasteiger partial charge in [0, 0.05) is 43.9 Å². The molecule has 0 aliphatic rings. The van der Waals surface area contributed by atoms with E-state index >= 15 is 0 Å². The molecule has 12 rings (SSSR count). The minimum Gasteiger partial charge on any atom is -0.456 e. The molecule has 0 N–H and O–H groups in total. The molecule has 69 heavy (non-hydrogen) atoms. The molecule has 3 heterocycles. The summed E-state index contributed by atoms with van der Waals surface area (Å²) in [6, 6.07) is 74.9. The van der Waals surface area contributed by atoms with Gasteiger partial charge in [0.1, 0.15) is 11.2 Å².